The van der Waals surface area contributed by atoms with Gasteiger partial charge in [0, 0.05) is 18.9 Å². The smallest absolute Gasteiger partial charge is 0.254 e. The lowest BCUT2D eigenvalue weighted by atomic mass is 10.0. The topological polar surface area (TPSA) is 20.2 Å². The summed E-state index contributed by atoms with van der Waals surface area (Å²) in [5.74, 6) is -3.32. The van der Waals surface area contributed by atoms with E-state index in [1.165, 1.54) is 0 Å². The van der Waals surface area contributed by atoms with Gasteiger partial charge in [-0.2, -0.15) is 0 Å². The van der Waals surface area contributed by atoms with Crippen LogP contribution in [0, 0.1) is 16.7 Å². The predicted octanol–water partition coefficient (Wildman–Crippen LogP) is 2.69. The number of aliphatic hydroxyl groups excluding tert-OH is 1. The van der Waals surface area contributed by atoms with Gasteiger partial charge in [-0.3, -0.25) is 0 Å². The van der Waals surface area contributed by atoms with Crippen LogP contribution in [0.15, 0.2) is 0 Å². The van der Waals surface area contributed by atoms with Crippen molar-refractivity contribution in [3.05, 3.63) is 0 Å². The molecule has 1 N–H and O–H groups in total. The summed E-state index contributed by atoms with van der Waals surface area (Å²) in [7, 11) is 0. The minimum absolute atomic E-state index is 0.314. The molecule has 1 saturated carbocycles. The highest BCUT2D eigenvalue weighted by Crippen LogP contribution is 2.73. The fourth-order valence-electron chi connectivity index (χ4n) is 2.55. The zero-order chi connectivity index (χ0) is 10.5. The fraction of sp³-hybridized carbons (Fsp3) is 1.00. The Bertz CT molecular complexity index is 195. The van der Waals surface area contributed by atoms with Crippen molar-refractivity contribution in [1.82, 2.24) is 0 Å². The van der Waals surface area contributed by atoms with E-state index in [9.17, 15) is 8.78 Å². The molecule has 78 valence electrons. The third-order valence-corrected chi connectivity index (χ3v) is 3.89. The SMILES string of the molecule is CC1(C)C(C(F)(F)CCO)C1(C)C. The third kappa shape index (κ3) is 1.37. The van der Waals surface area contributed by atoms with Crippen LogP contribution in [-0.4, -0.2) is 17.6 Å². The summed E-state index contributed by atoms with van der Waals surface area (Å²) in [4.78, 5) is 0. The maximum Gasteiger partial charge on any atom is 0.254 e. The summed E-state index contributed by atoms with van der Waals surface area (Å²) in [6.45, 7) is 7.02. The lowest BCUT2D eigenvalue weighted by molar-refractivity contribution is -0.0578. The molecule has 0 radical (unpaired) electrons. The number of alkyl halides is 2. The van der Waals surface area contributed by atoms with Crippen LogP contribution in [-0.2, 0) is 0 Å². The first-order chi connectivity index (χ1) is 5.68. The molecule has 0 heterocycles. The van der Waals surface area contributed by atoms with Crippen molar-refractivity contribution in [2.24, 2.45) is 16.7 Å². The molecule has 1 fully saturated rings. The van der Waals surface area contributed by atoms with Crippen LogP contribution in [0.1, 0.15) is 34.1 Å². The molecule has 0 bridgehead atoms. The van der Waals surface area contributed by atoms with E-state index in [1.54, 1.807) is 0 Å². The van der Waals surface area contributed by atoms with Gasteiger partial charge in [0.2, 0.25) is 0 Å². The van der Waals surface area contributed by atoms with Crippen LogP contribution < -0.4 is 0 Å². The van der Waals surface area contributed by atoms with Crippen molar-refractivity contribution in [2.75, 3.05) is 6.61 Å². The van der Waals surface area contributed by atoms with Crippen LogP contribution in [0.3, 0.4) is 0 Å². The van der Waals surface area contributed by atoms with Crippen LogP contribution in [0.5, 0.6) is 0 Å². The summed E-state index contributed by atoms with van der Waals surface area (Å²) >= 11 is 0. The maximum absolute atomic E-state index is 13.4. The molecule has 1 aliphatic rings. The second-order valence-electron chi connectivity index (χ2n) is 5.11. The summed E-state index contributed by atoms with van der Waals surface area (Å²) in [6.07, 6.45) is -0.412. The van der Waals surface area contributed by atoms with Crippen molar-refractivity contribution < 1.29 is 13.9 Å². The zero-order valence-corrected chi connectivity index (χ0v) is 8.69. The Kier molecular flexibility index (Phi) is 2.23. The van der Waals surface area contributed by atoms with E-state index in [1.807, 2.05) is 27.7 Å². The van der Waals surface area contributed by atoms with Gasteiger partial charge in [-0.25, -0.2) is 8.78 Å². The highest BCUT2D eigenvalue weighted by Gasteiger charge is 2.73. The Morgan fingerprint density at radius 3 is 1.77 bits per heavy atom. The lowest BCUT2D eigenvalue weighted by Crippen LogP contribution is -2.24. The number of halogens is 2. The van der Waals surface area contributed by atoms with Crippen molar-refractivity contribution >= 4 is 0 Å². The van der Waals surface area contributed by atoms with Gasteiger partial charge in [-0.05, 0) is 10.8 Å². The molecule has 1 rings (SSSR count). The van der Waals surface area contributed by atoms with Gasteiger partial charge >= 0.3 is 0 Å². The number of aliphatic hydroxyl groups is 1. The largest absolute Gasteiger partial charge is 0.396 e. The molecule has 0 aliphatic heterocycles. The summed E-state index contributed by atoms with van der Waals surface area (Å²) in [6, 6.07) is 0. The van der Waals surface area contributed by atoms with Crippen LogP contribution in [0.4, 0.5) is 8.78 Å². The van der Waals surface area contributed by atoms with E-state index < -0.39 is 24.9 Å². The molecule has 0 aromatic rings. The van der Waals surface area contributed by atoms with Gasteiger partial charge in [0.15, 0.2) is 0 Å². The monoisotopic (exact) mass is 192 g/mol. The van der Waals surface area contributed by atoms with Gasteiger partial charge in [-0.1, -0.05) is 27.7 Å². The zero-order valence-electron chi connectivity index (χ0n) is 8.69. The predicted molar refractivity (Wildman–Crippen MR) is 47.7 cm³/mol. The average Bonchev–Trinajstić information content (AvgIpc) is 2.22. The van der Waals surface area contributed by atoms with Crippen molar-refractivity contribution in [2.45, 2.75) is 40.0 Å². The minimum Gasteiger partial charge on any atom is -0.396 e. The maximum atomic E-state index is 13.4. The number of hydrogen-bond acceptors (Lipinski definition) is 1. The second-order valence-corrected chi connectivity index (χ2v) is 5.11. The molecule has 3 heteroatoms. The molecule has 0 atom stereocenters. The van der Waals surface area contributed by atoms with Gasteiger partial charge < -0.3 is 5.11 Å². The van der Waals surface area contributed by atoms with Crippen molar-refractivity contribution in [3.8, 4) is 0 Å². The van der Waals surface area contributed by atoms with Gasteiger partial charge in [-0.15, -0.1) is 0 Å². The highest BCUT2D eigenvalue weighted by atomic mass is 19.3. The van der Waals surface area contributed by atoms with E-state index in [2.05, 4.69) is 0 Å². The molecule has 0 amide bonds. The quantitative estimate of drug-likeness (QED) is 0.729. The normalized spacial score (nSPS) is 26.1. The molecule has 0 aromatic carbocycles. The summed E-state index contributed by atoms with van der Waals surface area (Å²) in [5.41, 5.74) is -0.628. The van der Waals surface area contributed by atoms with E-state index in [-0.39, 0.29) is 10.8 Å². The van der Waals surface area contributed by atoms with Gasteiger partial charge in [0.05, 0.1) is 0 Å². The van der Waals surface area contributed by atoms with E-state index in [4.69, 9.17) is 5.11 Å². The summed E-state index contributed by atoms with van der Waals surface area (Å²) < 4.78 is 26.9. The van der Waals surface area contributed by atoms with E-state index in [0.29, 0.717) is 0 Å². The number of rotatable bonds is 3. The van der Waals surface area contributed by atoms with Crippen LogP contribution in [0.2, 0.25) is 0 Å². The third-order valence-electron chi connectivity index (χ3n) is 3.89. The molecule has 1 nitrogen and oxygen atoms in total. The van der Waals surface area contributed by atoms with Crippen molar-refractivity contribution in [3.63, 3.8) is 0 Å². The fourth-order valence-corrected chi connectivity index (χ4v) is 2.55. The Hall–Kier alpha value is -0.180. The number of hydrogen-bond donors (Lipinski definition) is 1. The van der Waals surface area contributed by atoms with Crippen molar-refractivity contribution in [1.29, 1.82) is 0 Å². The second kappa shape index (κ2) is 2.66. The first-order valence-electron chi connectivity index (χ1n) is 4.66. The Morgan fingerprint density at radius 2 is 1.54 bits per heavy atom. The Balaban J connectivity index is 2.77. The first kappa shape index (κ1) is 10.9. The molecular weight excluding hydrogens is 174 g/mol. The molecule has 0 aromatic heterocycles. The molecule has 0 saturated heterocycles. The summed E-state index contributed by atoms with van der Waals surface area (Å²) in [5, 5.41) is 8.54. The molecule has 0 unspecified atom stereocenters. The standard InChI is InChI=1S/C10H18F2O/c1-8(2)7(9(8,3)4)10(11,12)5-6-13/h7,13H,5-6H2,1-4H3. The average molecular weight is 192 g/mol. The highest BCUT2D eigenvalue weighted by molar-refractivity contribution is 5.17. The molecular formula is C10H18F2O. The Labute approximate surface area is 78.1 Å². The molecule has 0 spiro atoms. The first-order valence-corrected chi connectivity index (χ1v) is 4.66. The Morgan fingerprint density at radius 1 is 1.15 bits per heavy atom. The molecule has 13 heavy (non-hydrogen) atoms. The van der Waals surface area contributed by atoms with Gasteiger partial charge in [0.1, 0.15) is 0 Å². The van der Waals surface area contributed by atoms with Gasteiger partial charge in [0.25, 0.3) is 5.92 Å². The van der Waals surface area contributed by atoms with E-state index >= 15 is 0 Å². The van der Waals surface area contributed by atoms with Crippen LogP contribution >= 0.6 is 0 Å². The molecule has 1 aliphatic carbocycles. The van der Waals surface area contributed by atoms with E-state index in [0.717, 1.165) is 0 Å². The minimum atomic E-state index is -2.72. The lowest BCUT2D eigenvalue weighted by Gasteiger charge is -2.17. The van der Waals surface area contributed by atoms with Crippen LogP contribution in [0.25, 0.3) is 0 Å².